The lowest BCUT2D eigenvalue weighted by molar-refractivity contribution is -0.832. The van der Waals surface area contributed by atoms with Gasteiger partial charge in [-0.3, -0.25) is 14.2 Å². The SMILES string of the molecule is O=C(O)CCC(=O)Nc1ccc(CCOc2no[n+]([O-])c2S(=O)(=O)c2ccccc2)cc1. The van der Waals surface area contributed by atoms with Crippen molar-refractivity contribution >= 4 is 27.4 Å². The van der Waals surface area contributed by atoms with Gasteiger partial charge in [0, 0.05) is 18.5 Å². The number of aliphatic carboxylic acids is 1. The van der Waals surface area contributed by atoms with E-state index in [9.17, 15) is 23.2 Å². The van der Waals surface area contributed by atoms with E-state index in [0.717, 1.165) is 5.56 Å². The fraction of sp³-hybridized carbons (Fsp3) is 0.200. The molecule has 0 aliphatic carbocycles. The zero-order valence-electron chi connectivity index (χ0n) is 16.6. The van der Waals surface area contributed by atoms with Gasteiger partial charge < -0.3 is 20.4 Å². The number of hydrogen-bond acceptors (Lipinski definition) is 8. The molecule has 0 unspecified atom stereocenters. The molecule has 1 amide bonds. The highest BCUT2D eigenvalue weighted by atomic mass is 32.2. The van der Waals surface area contributed by atoms with E-state index < -0.39 is 32.6 Å². The molecule has 32 heavy (non-hydrogen) atoms. The summed E-state index contributed by atoms with van der Waals surface area (Å²) in [4.78, 5) is 21.9. The highest BCUT2D eigenvalue weighted by molar-refractivity contribution is 7.91. The first-order chi connectivity index (χ1) is 15.3. The van der Waals surface area contributed by atoms with Gasteiger partial charge in [0.05, 0.1) is 23.1 Å². The van der Waals surface area contributed by atoms with Crippen molar-refractivity contribution in [2.24, 2.45) is 0 Å². The molecule has 0 aliphatic heterocycles. The van der Waals surface area contributed by atoms with Crippen molar-refractivity contribution in [3.8, 4) is 5.88 Å². The molecule has 0 fully saturated rings. The maximum absolute atomic E-state index is 12.7. The third-order valence-electron chi connectivity index (χ3n) is 4.29. The Hall–Kier alpha value is -3.93. The Bertz CT molecular complexity index is 1190. The summed E-state index contributed by atoms with van der Waals surface area (Å²) in [7, 11) is -4.19. The first-order valence-electron chi connectivity index (χ1n) is 9.40. The van der Waals surface area contributed by atoms with Crippen LogP contribution in [0, 0.1) is 5.21 Å². The van der Waals surface area contributed by atoms with Crippen LogP contribution in [0.15, 0.2) is 69.1 Å². The van der Waals surface area contributed by atoms with Crippen LogP contribution in [0.25, 0.3) is 0 Å². The van der Waals surface area contributed by atoms with Gasteiger partial charge in [0.2, 0.25) is 5.91 Å². The molecule has 2 N–H and O–H groups in total. The summed E-state index contributed by atoms with van der Waals surface area (Å²) in [5.74, 6) is -1.90. The summed E-state index contributed by atoms with van der Waals surface area (Å²) in [5.41, 5.74) is 1.31. The first kappa shape index (κ1) is 22.7. The Morgan fingerprint density at radius 2 is 1.78 bits per heavy atom. The first-order valence-corrected chi connectivity index (χ1v) is 10.9. The monoisotopic (exact) mass is 461 g/mol. The van der Waals surface area contributed by atoms with Crippen LogP contribution in [0.2, 0.25) is 0 Å². The smallest absolute Gasteiger partial charge is 0.414 e. The molecule has 0 saturated carbocycles. The molecule has 1 heterocycles. The lowest BCUT2D eigenvalue weighted by Crippen LogP contribution is -2.31. The van der Waals surface area contributed by atoms with Crippen molar-refractivity contribution in [1.82, 2.24) is 5.16 Å². The topological polar surface area (TPSA) is 163 Å². The van der Waals surface area contributed by atoms with E-state index in [1.807, 2.05) is 0 Å². The van der Waals surface area contributed by atoms with Crippen LogP contribution < -0.4 is 15.0 Å². The minimum absolute atomic E-state index is 0.00810. The predicted molar refractivity (Wildman–Crippen MR) is 108 cm³/mol. The van der Waals surface area contributed by atoms with Crippen molar-refractivity contribution in [3.63, 3.8) is 0 Å². The molecule has 0 radical (unpaired) electrons. The lowest BCUT2D eigenvalue weighted by Gasteiger charge is -2.06. The van der Waals surface area contributed by atoms with Gasteiger partial charge in [-0.25, -0.2) is 8.42 Å². The Balaban J connectivity index is 1.60. The summed E-state index contributed by atoms with van der Waals surface area (Å²) in [6.45, 7) is 0.00810. The number of hydrogen-bond donors (Lipinski definition) is 2. The van der Waals surface area contributed by atoms with Crippen LogP contribution in [0.3, 0.4) is 0 Å². The quantitative estimate of drug-likeness (QED) is 0.427. The molecule has 0 spiro atoms. The van der Waals surface area contributed by atoms with E-state index in [-0.39, 0.29) is 29.2 Å². The second kappa shape index (κ2) is 9.92. The second-order valence-corrected chi connectivity index (χ2v) is 8.46. The Labute approximate surface area is 182 Å². The summed E-state index contributed by atoms with van der Waals surface area (Å²) in [6, 6.07) is 14.1. The Morgan fingerprint density at radius 1 is 1.09 bits per heavy atom. The fourth-order valence-electron chi connectivity index (χ4n) is 2.71. The van der Waals surface area contributed by atoms with Crippen LogP contribution in [-0.4, -0.2) is 37.2 Å². The number of ether oxygens (including phenoxy) is 1. The van der Waals surface area contributed by atoms with Crippen molar-refractivity contribution in [2.45, 2.75) is 29.2 Å². The largest absolute Gasteiger partial charge is 0.481 e. The van der Waals surface area contributed by atoms with Gasteiger partial charge in [-0.1, -0.05) is 30.3 Å². The normalized spacial score (nSPS) is 11.1. The molecule has 3 rings (SSSR count). The van der Waals surface area contributed by atoms with Gasteiger partial charge in [0.25, 0.3) is 9.84 Å². The molecule has 168 valence electrons. The van der Waals surface area contributed by atoms with E-state index in [1.165, 1.54) is 24.3 Å². The number of carbonyl (C=O) groups is 2. The van der Waals surface area contributed by atoms with Crippen molar-refractivity contribution in [3.05, 3.63) is 65.4 Å². The number of carboxylic acid groups (broad SMARTS) is 1. The van der Waals surface area contributed by atoms with Crippen LogP contribution in [0.5, 0.6) is 5.88 Å². The molecule has 0 aliphatic rings. The van der Waals surface area contributed by atoms with Gasteiger partial charge in [-0.05, 0) is 34.7 Å². The van der Waals surface area contributed by atoms with Crippen LogP contribution in [-0.2, 0) is 25.8 Å². The molecule has 1 aromatic heterocycles. The molecule has 0 bridgehead atoms. The summed E-state index contributed by atoms with van der Waals surface area (Å²) in [5, 5.41) is 25.7. The number of rotatable bonds is 10. The summed E-state index contributed by atoms with van der Waals surface area (Å²) < 4.78 is 35.2. The van der Waals surface area contributed by atoms with E-state index in [1.54, 1.807) is 30.3 Å². The number of nitrogens with one attached hydrogen (secondary N) is 1. The summed E-state index contributed by atoms with van der Waals surface area (Å²) >= 11 is 0. The number of aromatic nitrogens is 2. The van der Waals surface area contributed by atoms with E-state index >= 15 is 0 Å². The van der Waals surface area contributed by atoms with E-state index in [4.69, 9.17) is 9.84 Å². The Kier molecular flexibility index (Phi) is 7.05. The predicted octanol–water partition coefficient (Wildman–Crippen LogP) is 1.57. The standard InChI is InChI=1S/C20H19N3O8S/c24-17(10-11-18(25)26)21-15-8-6-14(7-9-15)12-13-30-19-20(23(27)31-22-19)32(28,29)16-4-2-1-3-5-16/h1-9H,10-13H2,(H,21,24)(H,25,26). The maximum atomic E-state index is 12.7. The zero-order chi connectivity index (χ0) is 23.1. The number of sulfone groups is 1. The van der Waals surface area contributed by atoms with Gasteiger partial charge in [-0.15, -0.1) is 0 Å². The van der Waals surface area contributed by atoms with Gasteiger partial charge >= 0.3 is 16.9 Å². The molecule has 2 aromatic carbocycles. The molecular formula is C20H19N3O8S. The molecular weight excluding hydrogens is 442 g/mol. The van der Waals surface area contributed by atoms with E-state index in [0.29, 0.717) is 12.1 Å². The lowest BCUT2D eigenvalue weighted by atomic mass is 10.1. The van der Waals surface area contributed by atoms with Crippen LogP contribution >= 0.6 is 0 Å². The highest BCUT2D eigenvalue weighted by Crippen LogP contribution is 2.25. The van der Waals surface area contributed by atoms with Crippen molar-refractivity contribution in [1.29, 1.82) is 0 Å². The number of nitrogens with zero attached hydrogens (tertiary/aromatic N) is 2. The van der Waals surface area contributed by atoms with Crippen LogP contribution in [0.4, 0.5) is 5.69 Å². The van der Waals surface area contributed by atoms with Gasteiger partial charge in [0.1, 0.15) is 0 Å². The number of amides is 1. The minimum Gasteiger partial charge on any atom is -0.481 e. The maximum Gasteiger partial charge on any atom is 0.414 e. The second-order valence-electron chi connectivity index (χ2n) is 6.59. The highest BCUT2D eigenvalue weighted by Gasteiger charge is 2.35. The molecule has 0 atom stereocenters. The molecule has 11 nitrogen and oxygen atoms in total. The zero-order valence-corrected chi connectivity index (χ0v) is 17.4. The van der Waals surface area contributed by atoms with Crippen LogP contribution in [0.1, 0.15) is 18.4 Å². The third-order valence-corrected chi connectivity index (χ3v) is 6.01. The van der Waals surface area contributed by atoms with E-state index in [2.05, 4.69) is 15.1 Å². The molecule has 3 aromatic rings. The molecule has 12 heteroatoms. The number of carbonyl (C=O) groups excluding carboxylic acids is 1. The Morgan fingerprint density at radius 3 is 2.44 bits per heavy atom. The minimum atomic E-state index is -4.19. The number of carboxylic acids is 1. The fourth-order valence-corrected chi connectivity index (χ4v) is 4.00. The van der Waals surface area contributed by atoms with Crippen molar-refractivity contribution < 1.29 is 37.4 Å². The molecule has 0 saturated heterocycles. The summed E-state index contributed by atoms with van der Waals surface area (Å²) in [6.07, 6.45) is -0.0328. The average molecular weight is 461 g/mol. The van der Waals surface area contributed by atoms with Crippen molar-refractivity contribution in [2.75, 3.05) is 11.9 Å². The van der Waals surface area contributed by atoms with Gasteiger partial charge in [-0.2, -0.15) is 0 Å². The number of benzene rings is 2. The third kappa shape index (κ3) is 5.60. The average Bonchev–Trinajstić information content (AvgIpc) is 3.15. The number of anilines is 1. The van der Waals surface area contributed by atoms with Gasteiger partial charge in [0.15, 0.2) is 0 Å².